The minimum atomic E-state index is -0.450. The van der Waals surface area contributed by atoms with Crippen LogP contribution in [0.5, 0.6) is 17.2 Å². The van der Waals surface area contributed by atoms with Crippen LogP contribution in [-0.4, -0.2) is 32.1 Å². The molecule has 7 heteroatoms. The quantitative estimate of drug-likeness (QED) is 0.647. The van der Waals surface area contributed by atoms with Gasteiger partial charge in [-0.3, -0.25) is 20.4 Å². The van der Waals surface area contributed by atoms with Gasteiger partial charge in [0.25, 0.3) is 5.91 Å². The van der Waals surface area contributed by atoms with E-state index in [1.54, 1.807) is 18.2 Å². The average Bonchev–Trinajstić information content (AvgIpc) is 2.71. The van der Waals surface area contributed by atoms with E-state index in [2.05, 4.69) is 10.9 Å². The number of amides is 2. The molecule has 2 rings (SSSR count). The van der Waals surface area contributed by atoms with E-state index < -0.39 is 5.91 Å². The third kappa shape index (κ3) is 6.19. The van der Waals surface area contributed by atoms with Crippen molar-refractivity contribution < 1.29 is 23.8 Å². The molecule has 0 atom stereocenters. The number of aryl methyl sites for hydroxylation is 1. The fourth-order valence-electron chi connectivity index (χ4n) is 2.37. The number of ether oxygens (including phenoxy) is 3. The number of para-hydroxylation sites is 1. The van der Waals surface area contributed by atoms with Gasteiger partial charge in [-0.15, -0.1) is 0 Å². The van der Waals surface area contributed by atoms with Gasteiger partial charge in [-0.1, -0.05) is 25.1 Å². The molecule has 2 aromatic rings. The van der Waals surface area contributed by atoms with Crippen LogP contribution in [0.4, 0.5) is 0 Å². The smallest absolute Gasteiger partial charge is 0.269 e. The summed E-state index contributed by atoms with van der Waals surface area (Å²) >= 11 is 0. The number of carbonyl (C=O) groups excluding carboxylic acids is 2. The van der Waals surface area contributed by atoms with Gasteiger partial charge in [0.1, 0.15) is 5.75 Å². The first-order valence-corrected chi connectivity index (χ1v) is 9.13. The van der Waals surface area contributed by atoms with E-state index in [1.165, 1.54) is 7.11 Å². The predicted molar refractivity (Wildman–Crippen MR) is 106 cm³/mol. The van der Waals surface area contributed by atoms with Crippen molar-refractivity contribution in [3.05, 3.63) is 53.6 Å². The first-order chi connectivity index (χ1) is 13.5. The molecule has 7 nitrogen and oxygen atoms in total. The predicted octanol–water partition coefficient (Wildman–Crippen LogP) is 3.02. The number of methoxy groups -OCH3 is 1. The standard InChI is InChI=1S/C21H26N2O5/c1-4-12-27-18-10-9-16(14-19(18)26-3)21(25)23-22-20(24)11-13-28-17-8-6-5-7-15(17)2/h5-10,14H,4,11-13H2,1-3H3,(H,22,24)(H,23,25). The summed E-state index contributed by atoms with van der Waals surface area (Å²) in [6.07, 6.45) is 0.979. The summed E-state index contributed by atoms with van der Waals surface area (Å²) in [6, 6.07) is 12.4. The molecule has 0 radical (unpaired) electrons. The van der Waals surface area contributed by atoms with Crippen molar-refractivity contribution >= 4 is 11.8 Å². The lowest BCUT2D eigenvalue weighted by atomic mass is 10.2. The SMILES string of the molecule is CCCOc1ccc(C(=O)NNC(=O)CCOc2ccccc2C)cc1OC. The summed E-state index contributed by atoms with van der Waals surface area (Å²) in [5.41, 5.74) is 6.10. The van der Waals surface area contributed by atoms with Crippen molar-refractivity contribution in [1.29, 1.82) is 0 Å². The number of nitrogens with one attached hydrogen (secondary N) is 2. The highest BCUT2D eigenvalue weighted by Gasteiger charge is 2.12. The number of hydrogen-bond donors (Lipinski definition) is 2. The van der Waals surface area contributed by atoms with Crippen molar-refractivity contribution in [2.75, 3.05) is 20.3 Å². The fourth-order valence-corrected chi connectivity index (χ4v) is 2.37. The van der Waals surface area contributed by atoms with Crippen LogP contribution in [0.2, 0.25) is 0 Å². The van der Waals surface area contributed by atoms with Gasteiger partial charge in [0.15, 0.2) is 11.5 Å². The maximum Gasteiger partial charge on any atom is 0.269 e. The van der Waals surface area contributed by atoms with Gasteiger partial charge < -0.3 is 14.2 Å². The maximum atomic E-state index is 12.2. The molecule has 0 aliphatic carbocycles. The maximum absolute atomic E-state index is 12.2. The van der Waals surface area contributed by atoms with Crippen LogP contribution in [0, 0.1) is 6.92 Å². The van der Waals surface area contributed by atoms with Gasteiger partial charge in [0.05, 0.1) is 26.7 Å². The van der Waals surface area contributed by atoms with Crippen molar-refractivity contribution in [1.82, 2.24) is 10.9 Å². The molecular formula is C21H26N2O5. The number of carbonyl (C=O) groups is 2. The van der Waals surface area contributed by atoms with E-state index in [4.69, 9.17) is 14.2 Å². The van der Waals surface area contributed by atoms with E-state index in [1.807, 2.05) is 38.1 Å². The average molecular weight is 386 g/mol. The van der Waals surface area contributed by atoms with Crippen LogP contribution >= 0.6 is 0 Å². The Balaban J connectivity index is 1.81. The number of hydrogen-bond acceptors (Lipinski definition) is 5. The summed E-state index contributed by atoms with van der Waals surface area (Å²) in [5, 5.41) is 0. The van der Waals surface area contributed by atoms with E-state index in [0.29, 0.717) is 23.7 Å². The Morgan fingerprint density at radius 3 is 2.39 bits per heavy atom. The van der Waals surface area contributed by atoms with E-state index in [9.17, 15) is 9.59 Å². The first kappa shape index (κ1) is 21.1. The molecule has 0 heterocycles. The largest absolute Gasteiger partial charge is 0.493 e. The molecule has 2 aromatic carbocycles. The summed E-state index contributed by atoms with van der Waals surface area (Å²) in [7, 11) is 1.51. The third-order valence-corrected chi connectivity index (χ3v) is 3.88. The Labute approximate surface area is 165 Å². The van der Waals surface area contributed by atoms with Gasteiger partial charge in [-0.05, 0) is 43.2 Å². The molecule has 2 N–H and O–H groups in total. The Kier molecular flexibility index (Phi) is 8.14. The lowest BCUT2D eigenvalue weighted by molar-refractivity contribution is -0.122. The normalized spacial score (nSPS) is 10.1. The Bertz CT molecular complexity index is 807. The minimum Gasteiger partial charge on any atom is -0.493 e. The van der Waals surface area contributed by atoms with Gasteiger partial charge in [-0.25, -0.2) is 0 Å². The van der Waals surface area contributed by atoms with E-state index >= 15 is 0 Å². The minimum absolute atomic E-state index is 0.113. The highest BCUT2D eigenvalue weighted by molar-refractivity contribution is 5.96. The second kappa shape index (κ2) is 10.8. The fraction of sp³-hybridized carbons (Fsp3) is 0.333. The molecule has 0 unspecified atom stereocenters. The van der Waals surface area contributed by atoms with E-state index in [-0.39, 0.29) is 18.9 Å². The van der Waals surface area contributed by atoms with Crippen molar-refractivity contribution in [2.45, 2.75) is 26.7 Å². The lowest BCUT2D eigenvalue weighted by Gasteiger charge is -2.12. The molecule has 0 spiro atoms. The molecule has 150 valence electrons. The highest BCUT2D eigenvalue weighted by Crippen LogP contribution is 2.28. The Hall–Kier alpha value is -3.22. The topological polar surface area (TPSA) is 85.9 Å². The molecule has 0 saturated carbocycles. The summed E-state index contributed by atoms with van der Waals surface area (Å²) in [4.78, 5) is 24.1. The van der Waals surface area contributed by atoms with Gasteiger partial charge >= 0.3 is 0 Å². The highest BCUT2D eigenvalue weighted by atomic mass is 16.5. The van der Waals surface area contributed by atoms with Crippen LogP contribution in [0.25, 0.3) is 0 Å². The lowest BCUT2D eigenvalue weighted by Crippen LogP contribution is -2.42. The van der Waals surface area contributed by atoms with E-state index in [0.717, 1.165) is 17.7 Å². The number of rotatable bonds is 9. The first-order valence-electron chi connectivity index (χ1n) is 9.13. The molecule has 0 aliphatic rings. The van der Waals surface area contributed by atoms with Crippen molar-refractivity contribution in [3.63, 3.8) is 0 Å². The summed E-state index contributed by atoms with van der Waals surface area (Å²) < 4.78 is 16.4. The molecule has 2 amide bonds. The van der Waals surface area contributed by atoms with Crippen LogP contribution < -0.4 is 25.1 Å². The molecule has 0 bridgehead atoms. The van der Waals surface area contributed by atoms with Crippen LogP contribution in [0.1, 0.15) is 35.7 Å². The second-order valence-electron chi connectivity index (χ2n) is 6.08. The molecular weight excluding hydrogens is 360 g/mol. The number of hydrazine groups is 1. The molecule has 0 aliphatic heterocycles. The number of benzene rings is 2. The summed E-state index contributed by atoms with van der Waals surface area (Å²) in [6.45, 7) is 4.71. The van der Waals surface area contributed by atoms with Gasteiger partial charge in [-0.2, -0.15) is 0 Å². The zero-order valence-corrected chi connectivity index (χ0v) is 16.4. The molecule has 0 fully saturated rings. The molecule has 0 saturated heterocycles. The Morgan fingerprint density at radius 2 is 1.68 bits per heavy atom. The molecule has 28 heavy (non-hydrogen) atoms. The molecule has 0 aromatic heterocycles. The van der Waals surface area contributed by atoms with Crippen LogP contribution in [0.3, 0.4) is 0 Å². The van der Waals surface area contributed by atoms with Gasteiger partial charge in [0.2, 0.25) is 5.91 Å². The Morgan fingerprint density at radius 1 is 0.929 bits per heavy atom. The van der Waals surface area contributed by atoms with Crippen LogP contribution in [-0.2, 0) is 4.79 Å². The second-order valence-corrected chi connectivity index (χ2v) is 6.08. The summed E-state index contributed by atoms with van der Waals surface area (Å²) in [5.74, 6) is 0.958. The zero-order valence-electron chi connectivity index (χ0n) is 16.4. The third-order valence-electron chi connectivity index (χ3n) is 3.88. The van der Waals surface area contributed by atoms with Gasteiger partial charge in [0, 0.05) is 5.56 Å². The van der Waals surface area contributed by atoms with Crippen molar-refractivity contribution in [3.8, 4) is 17.2 Å². The monoisotopic (exact) mass is 386 g/mol. The zero-order chi connectivity index (χ0) is 20.4. The van der Waals surface area contributed by atoms with Crippen molar-refractivity contribution in [2.24, 2.45) is 0 Å². The van der Waals surface area contributed by atoms with Crippen LogP contribution in [0.15, 0.2) is 42.5 Å².